The Kier molecular flexibility index (Phi) is 3.72. The van der Waals surface area contributed by atoms with Crippen molar-refractivity contribution in [1.82, 2.24) is 10.6 Å². The van der Waals surface area contributed by atoms with E-state index < -0.39 is 0 Å². The summed E-state index contributed by atoms with van der Waals surface area (Å²) in [6, 6.07) is 8.73. The number of rotatable bonds is 3. The Bertz CT molecular complexity index is 308. The number of benzene rings is 1. The fourth-order valence-electron chi connectivity index (χ4n) is 2.10. The molecule has 3 N–H and O–H groups in total. The minimum absolute atomic E-state index is 0.219. The Morgan fingerprint density at radius 1 is 1.27 bits per heavy atom. The second-order valence-corrected chi connectivity index (χ2v) is 3.88. The van der Waals surface area contributed by atoms with E-state index in [4.69, 9.17) is 5.11 Å². The third kappa shape index (κ3) is 2.56. The van der Waals surface area contributed by atoms with Gasteiger partial charge in [0.1, 0.15) is 0 Å². The van der Waals surface area contributed by atoms with E-state index in [0.717, 1.165) is 26.1 Å². The zero-order valence-electron chi connectivity index (χ0n) is 8.87. The number of piperazine rings is 1. The van der Waals surface area contributed by atoms with E-state index in [9.17, 15) is 0 Å². The van der Waals surface area contributed by atoms with Gasteiger partial charge >= 0.3 is 0 Å². The SMILES string of the molecule is OCCc1ccccc1C1CNCCN1. The normalized spacial score (nSPS) is 21.5. The number of aliphatic hydroxyl groups is 1. The Morgan fingerprint density at radius 3 is 2.87 bits per heavy atom. The van der Waals surface area contributed by atoms with Crippen LogP contribution in [0.1, 0.15) is 17.2 Å². The molecule has 1 atom stereocenters. The minimum atomic E-state index is 0.219. The maximum atomic E-state index is 9.01. The summed E-state index contributed by atoms with van der Waals surface area (Å²) in [5.41, 5.74) is 2.57. The van der Waals surface area contributed by atoms with E-state index in [-0.39, 0.29) is 6.61 Å². The molecule has 1 aliphatic heterocycles. The van der Waals surface area contributed by atoms with Crippen LogP contribution < -0.4 is 10.6 Å². The Morgan fingerprint density at radius 2 is 2.13 bits per heavy atom. The van der Waals surface area contributed by atoms with Gasteiger partial charge in [0.15, 0.2) is 0 Å². The molecule has 3 heteroatoms. The number of hydrogen-bond donors (Lipinski definition) is 3. The van der Waals surface area contributed by atoms with Crippen LogP contribution in [0, 0.1) is 0 Å². The van der Waals surface area contributed by atoms with Crippen LogP contribution in [0.3, 0.4) is 0 Å². The van der Waals surface area contributed by atoms with Crippen molar-refractivity contribution in [3.63, 3.8) is 0 Å². The zero-order valence-corrected chi connectivity index (χ0v) is 8.87. The largest absolute Gasteiger partial charge is 0.396 e. The molecule has 0 bridgehead atoms. The first-order valence-corrected chi connectivity index (χ1v) is 5.54. The summed E-state index contributed by atoms with van der Waals surface area (Å²) in [6.07, 6.45) is 0.744. The highest BCUT2D eigenvalue weighted by molar-refractivity contribution is 5.30. The molecule has 1 aliphatic rings. The fourth-order valence-corrected chi connectivity index (χ4v) is 2.10. The van der Waals surface area contributed by atoms with E-state index in [1.54, 1.807) is 0 Å². The lowest BCUT2D eigenvalue weighted by atomic mass is 9.97. The van der Waals surface area contributed by atoms with E-state index in [1.807, 2.05) is 6.07 Å². The Labute approximate surface area is 90.5 Å². The lowest BCUT2D eigenvalue weighted by molar-refractivity contribution is 0.298. The van der Waals surface area contributed by atoms with Crippen LogP contribution in [-0.2, 0) is 6.42 Å². The van der Waals surface area contributed by atoms with Crippen LogP contribution in [0.25, 0.3) is 0 Å². The molecule has 1 unspecified atom stereocenters. The van der Waals surface area contributed by atoms with Crippen molar-refractivity contribution in [3.8, 4) is 0 Å². The van der Waals surface area contributed by atoms with Gasteiger partial charge in [0.05, 0.1) is 0 Å². The van der Waals surface area contributed by atoms with E-state index in [0.29, 0.717) is 6.04 Å². The van der Waals surface area contributed by atoms with Crippen molar-refractivity contribution in [1.29, 1.82) is 0 Å². The number of hydrogen-bond acceptors (Lipinski definition) is 3. The summed E-state index contributed by atoms with van der Waals surface area (Å²) in [7, 11) is 0. The summed E-state index contributed by atoms with van der Waals surface area (Å²) in [4.78, 5) is 0. The third-order valence-electron chi connectivity index (χ3n) is 2.85. The number of aliphatic hydroxyl groups excluding tert-OH is 1. The molecular weight excluding hydrogens is 188 g/mol. The molecule has 3 nitrogen and oxygen atoms in total. The minimum Gasteiger partial charge on any atom is -0.396 e. The lowest BCUT2D eigenvalue weighted by Gasteiger charge is -2.26. The summed E-state index contributed by atoms with van der Waals surface area (Å²) >= 11 is 0. The highest BCUT2D eigenvalue weighted by atomic mass is 16.2. The van der Waals surface area contributed by atoms with Gasteiger partial charge in [0, 0.05) is 32.3 Å². The monoisotopic (exact) mass is 206 g/mol. The van der Waals surface area contributed by atoms with E-state index in [1.165, 1.54) is 11.1 Å². The van der Waals surface area contributed by atoms with Crippen molar-refractivity contribution in [2.24, 2.45) is 0 Å². The van der Waals surface area contributed by atoms with Gasteiger partial charge in [-0.25, -0.2) is 0 Å². The van der Waals surface area contributed by atoms with Crippen LogP contribution in [0.4, 0.5) is 0 Å². The second-order valence-electron chi connectivity index (χ2n) is 3.88. The summed E-state index contributed by atoms with van der Waals surface area (Å²) in [5, 5.41) is 15.9. The first-order chi connectivity index (χ1) is 7.42. The van der Waals surface area contributed by atoms with Gasteiger partial charge in [0.2, 0.25) is 0 Å². The molecule has 0 aliphatic carbocycles. The van der Waals surface area contributed by atoms with Crippen LogP contribution in [-0.4, -0.2) is 31.3 Å². The molecular formula is C12H18N2O. The molecule has 1 saturated heterocycles. The molecule has 2 rings (SSSR count). The standard InChI is InChI=1S/C12H18N2O/c15-8-5-10-3-1-2-4-11(10)12-9-13-6-7-14-12/h1-4,12-15H,5-9H2. The highest BCUT2D eigenvalue weighted by Crippen LogP contribution is 2.19. The molecule has 82 valence electrons. The zero-order chi connectivity index (χ0) is 10.5. The third-order valence-corrected chi connectivity index (χ3v) is 2.85. The van der Waals surface area contributed by atoms with Gasteiger partial charge in [-0.05, 0) is 17.5 Å². The van der Waals surface area contributed by atoms with Crippen LogP contribution in [0.5, 0.6) is 0 Å². The molecule has 0 radical (unpaired) electrons. The Hall–Kier alpha value is -0.900. The van der Waals surface area contributed by atoms with Crippen LogP contribution >= 0.6 is 0 Å². The van der Waals surface area contributed by atoms with Crippen molar-refractivity contribution >= 4 is 0 Å². The molecule has 1 heterocycles. The molecule has 1 aromatic rings. The summed E-state index contributed by atoms with van der Waals surface area (Å²) < 4.78 is 0. The van der Waals surface area contributed by atoms with Gasteiger partial charge in [-0.1, -0.05) is 24.3 Å². The second kappa shape index (κ2) is 5.26. The van der Waals surface area contributed by atoms with Gasteiger partial charge in [0.25, 0.3) is 0 Å². The molecule has 0 saturated carbocycles. The van der Waals surface area contributed by atoms with Crippen molar-refractivity contribution in [2.75, 3.05) is 26.2 Å². The maximum absolute atomic E-state index is 9.01. The smallest absolute Gasteiger partial charge is 0.0471 e. The summed E-state index contributed by atoms with van der Waals surface area (Å²) in [5.74, 6) is 0. The highest BCUT2D eigenvalue weighted by Gasteiger charge is 2.16. The Balaban J connectivity index is 2.17. The molecule has 1 fully saturated rings. The molecule has 15 heavy (non-hydrogen) atoms. The quantitative estimate of drug-likeness (QED) is 0.673. The maximum Gasteiger partial charge on any atom is 0.0471 e. The van der Waals surface area contributed by atoms with Gasteiger partial charge in [-0.3, -0.25) is 0 Å². The molecule has 1 aromatic carbocycles. The topological polar surface area (TPSA) is 44.3 Å². The first kappa shape index (κ1) is 10.6. The first-order valence-electron chi connectivity index (χ1n) is 5.54. The van der Waals surface area contributed by atoms with Gasteiger partial charge in [-0.2, -0.15) is 0 Å². The van der Waals surface area contributed by atoms with Crippen LogP contribution in [0.15, 0.2) is 24.3 Å². The summed E-state index contributed by atoms with van der Waals surface area (Å²) in [6.45, 7) is 3.25. The van der Waals surface area contributed by atoms with Crippen molar-refractivity contribution < 1.29 is 5.11 Å². The number of nitrogens with one attached hydrogen (secondary N) is 2. The lowest BCUT2D eigenvalue weighted by Crippen LogP contribution is -2.43. The van der Waals surface area contributed by atoms with E-state index >= 15 is 0 Å². The van der Waals surface area contributed by atoms with Gasteiger partial charge in [-0.15, -0.1) is 0 Å². The van der Waals surface area contributed by atoms with Crippen molar-refractivity contribution in [3.05, 3.63) is 35.4 Å². The average molecular weight is 206 g/mol. The molecule has 0 spiro atoms. The van der Waals surface area contributed by atoms with E-state index in [2.05, 4.69) is 28.8 Å². The van der Waals surface area contributed by atoms with Gasteiger partial charge < -0.3 is 15.7 Å². The van der Waals surface area contributed by atoms with Crippen molar-refractivity contribution in [2.45, 2.75) is 12.5 Å². The predicted octanol–water partition coefficient (Wildman–Crippen LogP) is 0.455. The average Bonchev–Trinajstić information content (AvgIpc) is 2.31. The fraction of sp³-hybridized carbons (Fsp3) is 0.500. The molecule has 0 aromatic heterocycles. The van der Waals surface area contributed by atoms with Crippen LogP contribution in [0.2, 0.25) is 0 Å². The molecule has 0 amide bonds. The predicted molar refractivity (Wildman–Crippen MR) is 60.8 cm³/mol.